The van der Waals surface area contributed by atoms with Crippen LogP contribution in [0.3, 0.4) is 0 Å². The number of hydrogen-bond donors (Lipinski definition) is 2. The summed E-state index contributed by atoms with van der Waals surface area (Å²) < 4.78 is 0. The molecule has 0 amide bonds. The largest absolute Gasteiger partial charge is 0.480 e. The number of hydrogen-bond acceptors (Lipinski definition) is 5. The molecular formula is C11H16N4O2. The van der Waals surface area contributed by atoms with E-state index < -0.39 is 5.97 Å². The molecule has 1 aliphatic heterocycles. The van der Waals surface area contributed by atoms with E-state index in [1.54, 1.807) is 6.20 Å². The third-order valence-corrected chi connectivity index (χ3v) is 2.83. The minimum absolute atomic E-state index is 0.114. The zero-order valence-electron chi connectivity index (χ0n) is 9.54. The molecule has 0 unspecified atom stereocenters. The number of aromatic nitrogens is 1. The molecule has 1 saturated heterocycles. The fourth-order valence-electron chi connectivity index (χ4n) is 1.91. The van der Waals surface area contributed by atoms with Crippen LogP contribution in [0.4, 0.5) is 11.5 Å². The van der Waals surface area contributed by atoms with Crippen LogP contribution in [0, 0.1) is 0 Å². The van der Waals surface area contributed by atoms with E-state index in [-0.39, 0.29) is 6.54 Å². The Balaban J connectivity index is 1.90. The van der Waals surface area contributed by atoms with Gasteiger partial charge in [0.05, 0.1) is 18.4 Å². The lowest BCUT2D eigenvalue weighted by atomic mass is 10.3. The van der Waals surface area contributed by atoms with Gasteiger partial charge in [-0.1, -0.05) is 0 Å². The number of nitrogens with zero attached hydrogens (tertiary/aromatic N) is 3. The molecule has 1 aromatic rings. The first-order valence-electron chi connectivity index (χ1n) is 5.56. The Kier molecular flexibility index (Phi) is 3.43. The molecule has 0 spiro atoms. The molecule has 17 heavy (non-hydrogen) atoms. The molecule has 0 radical (unpaired) electrons. The number of carboxylic acid groups (broad SMARTS) is 1. The van der Waals surface area contributed by atoms with Crippen LogP contribution in [0.25, 0.3) is 0 Å². The molecule has 1 aromatic heterocycles. The fourth-order valence-corrected chi connectivity index (χ4v) is 1.91. The molecule has 0 aromatic carbocycles. The SMILES string of the molecule is Nc1ccc(N2CCN(CC(=O)O)CC2)nc1. The molecule has 0 aliphatic carbocycles. The standard InChI is InChI=1S/C11H16N4O2/c12-9-1-2-10(13-7-9)15-5-3-14(4-6-15)8-11(16)17/h1-2,7H,3-6,8,12H2,(H,16,17). The summed E-state index contributed by atoms with van der Waals surface area (Å²) in [5.41, 5.74) is 6.23. The van der Waals surface area contributed by atoms with Crippen molar-refractivity contribution in [2.45, 2.75) is 0 Å². The van der Waals surface area contributed by atoms with E-state index in [0.717, 1.165) is 32.0 Å². The summed E-state index contributed by atoms with van der Waals surface area (Å²) in [7, 11) is 0. The summed E-state index contributed by atoms with van der Waals surface area (Å²) in [6.07, 6.45) is 1.64. The summed E-state index contributed by atoms with van der Waals surface area (Å²) in [5, 5.41) is 8.70. The first-order chi connectivity index (χ1) is 8.15. The van der Waals surface area contributed by atoms with E-state index in [1.807, 2.05) is 17.0 Å². The highest BCUT2D eigenvalue weighted by atomic mass is 16.4. The highest BCUT2D eigenvalue weighted by molar-refractivity contribution is 5.69. The molecule has 92 valence electrons. The van der Waals surface area contributed by atoms with Crippen LogP contribution in [0.5, 0.6) is 0 Å². The van der Waals surface area contributed by atoms with Crippen LogP contribution >= 0.6 is 0 Å². The second-order valence-electron chi connectivity index (χ2n) is 4.11. The highest BCUT2D eigenvalue weighted by Crippen LogP contribution is 2.14. The van der Waals surface area contributed by atoms with E-state index >= 15 is 0 Å². The smallest absolute Gasteiger partial charge is 0.317 e. The van der Waals surface area contributed by atoms with E-state index in [1.165, 1.54) is 0 Å². The Bertz CT molecular complexity index is 385. The van der Waals surface area contributed by atoms with Crippen LogP contribution in [-0.4, -0.2) is 53.7 Å². The first kappa shape index (κ1) is 11.7. The number of nitrogens with two attached hydrogens (primary N) is 1. The van der Waals surface area contributed by atoms with E-state index in [2.05, 4.69) is 9.88 Å². The molecule has 6 nitrogen and oxygen atoms in total. The van der Waals surface area contributed by atoms with Crippen LogP contribution < -0.4 is 10.6 Å². The molecule has 6 heteroatoms. The summed E-state index contributed by atoms with van der Waals surface area (Å²) in [4.78, 5) is 18.9. The van der Waals surface area contributed by atoms with Crippen molar-refractivity contribution in [3.05, 3.63) is 18.3 Å². The maximum atomic E-state index is 10.6. The van der Waals surface area contributed by atoms with Gasteiger partial charge in [0.2, 0.25) is 0 Å². The normalized spacial score (nSPS) is 17.1. The Labute approximate surface area is 99.7 Å². The minimum Gasteiger partial charge on any atom is -0.480 e. The Morgan fingerprint density at radius 2 is 2.06 bits per heavy atom. The quantitative estimate of drug-likeness (QED) is 0.760. The summed E-state index contributed by atoms with van der Waals surface area (Å²) >= 11 is 0. The van der Waals surface area contributed by atoms with Crippen LogP contribution in [-0.2, 0) is 4.79 Å². The molecule has 0 bridgehead atoms. The van der Waals surface area contributed by atoms with Crippen molar-refractivity contribution in [2.75, 3.05) is 43.4 Å². The number of nitrogen functional groups attached to an aromatic ring is 1. The third-order valence-electron chi connectivity index (χ3n) is 2.83. The van der Waals surface area contributed by atoms with E-state index in [4.69, 9.17) is 10.8 Å². The molecule has 0 saturated carbocycles. The summed E-state index contributed by atoms with van der Waals surface area (Å²) in [6, 6.07) is 3.72. The van der Waals surface area contributed by atoms with Gasteiger partial charge < -0.3 is 15.7 Å². The van der Waals surface area contributed by atoms with Crippen molar-refractivity contribution < 1.29 is 9.90 Å². The van der Waals surface area contributed by atoms with Gasteiger partial charge >= 0.3 is 5.97 Å². The third kappa shape index (κ3) is 3.07. The van der Waals surface area contributed by atoms with Gasteiger partial charge in [-0.25, -0.2) is 4.98 Å². The second kappa shape index (κ2) is 5.01. The van der Waals surface area contributed by atoms with Gasteiger partial charge in [0, 0.05) is 26.2 Å². The topological polar surface area (TPSA) is 82.7 Å². The van der Waals surface area contributed by atoms with Crippen molar-refractivity contribution >= 4 is 17.5 Å². The molecule has 1 aliphatic rings. The average Bonchev–Trinajstić information content (AvgIpc) is 2.30. The first-order valence-corrected chi connectivity index (χ1v) is 5.56. The van der Waals surface area contributed by atoms with Gasteiger partial charge in [-0.3, -0.25) is 9.69 Å². The lowest BCUT2D eigenvalue weighted by Gasteiger charge is -2.34. The number of carboxylic acids is 1. The van der Waals surface area contributed by atoms with Gasteiger partial charge in [-0.15, -0.1) is 0 Å². The Hall–Kier alpha value is -1.82. The maximum Gasteiger partial charge on any atom is 0.317 e. The van der Waals surface area contributed by atoms with Crippen molar-refractivity contribution in [3.63, 3.8) is 0 Å². The van der Waals surface area contributed by atoms with Crippen molar-refractivity contribution in [1.29, 1.82) is 0 Å². The molecule has 2 heterocycles. The Morgan fingerprint density at radius 1 is 1.35 bits per heavy atom. The number of piperazine rings is 1. The van der Waals surface area contributed by atoms with Crippen LogP contribution in [0.15, 0.2) is 18.3 Å². The second-order valence-corrected chi connectivity index (χ2v) is 4.11. The number of anilines is 2. The van der Waals surface area contributed by atoms with Crippen LogP contribution in [0.1, 0.15) is 0 Å². The van der Waals surface area contributed by atoms with Gasteiger partial charge in [-0.2, -0.15) is 0 Å². The highest BCUT2D eigenvalue weighted by Gasteiger charge is 2.19. The molecule has 2 rings (SSSR count). The predicted octanol–water partition coefficient (Wildman–Crippen LogP) is -0.130. The average molecular weight is 236 g/mol. The van der Waals surface area contributed by atoms with Gasteiger partial charge in [-0.05, 0) is 12.1 Å². The molecular weight excluding hydrogens is 220 g/mol. The number of carbonyl (C=O) groups is 1. The molecule has 3 N–H and O–H groups in total. The molecule has 0 atom stereocenters. The summed E-state index contributed by atoms with van der Waals surface area (Å²) in [6.45, 7) is 3.20. The zero-order chi connectivity index (χ0) is 12.3. The summed E-state index contributed by atoms with van der Waals surface area (Å²) in [5.74, 6) is 0.123. The van der Waals surface area contributed by atoms with E-state index in [9.17, 15) is 4.79 Å². The Morgan fingerprint density at radius 3 is 2.59 bits per heavy atom. The van der Waals surface area contributed by atoms with Crippen molar-refractivity contribution in [1.82, 2.24) is 9.88 Å². The number of rotatable bonds is 3. The maximum absolute atomic E-state index is 10.6. The van der Waals surface area contributed by atoms with Crippen LogP contribution in [0.2, 0.25) is 0 Å². The van der Waals surface area contributed by atoms with Gasteiger partial charge in [0.1, 0.15) is 5.82 Å². The monoisotopic (exact) mass is 236 g/mol. The lowest BCUT2D eigenvalue weighted by molar-refractivity contribution is -0.138. The minimum atomic E-state index is -0.774. The van der Waals surface area contributed by atoms with Crippen molar-refractivity contribution in [3.8, 4) is 0 Å². The van der Waals surface area contributed by atoms with Gasteiger partial charge in [0.15, 0.2) is 0 Å². The fraction of sp³-hybridized carbons (Fsp3) is 0.455. The molecule has 1 fully saturated rings. The van der Waals surface area contributed by atoms with E-state index in [0.29, 0.717) is 5.69 Å². The van der Waals surface area contributed by atoms with Crippen molar-refractivity contribution in [2.24, 2.45) is 0 Å². The number of aliphatic carboxylic acids is 1. The number of pyridine rings is 1. The van der Waals surface area contributed by atoms with Gasteiger partial charge in [0.25, 0.3) is 0 Å². The zero-order valence-corrected chi connectivity index (χ0v) is 9.54. The lowest BCUT2D eigenvalue weighted by Crippen LogP contribution is -2.48. The predicted molar refractivity (Wildman–Crippen MR) is 64.9 cm³/mol.